The van der Waals surface area contributed by atoms with Gasteiger partial charge in [0.2, 0.25) is 0 Å². The Balaban J connectivity index is 1.00. The summed E-state index contributed by atoms with van der Waals surface area (Å²) in [6.45, 7) is 9.56. The van der Waals surface area contributed by atoms with Crippen LogP contribution < -0.4 is 0 Å². The quantitative estimate of drug-likeness (QED) is 0.128. The molecule has 0 heterocycles. The van der Waals surface area contributed by atoms with Crippen LogP contribution in [0.1, 0.15) is 49.9 Å². The van der Waals surface area contributed by atoms with Crippen molar-refractivity contribution in [3.8, 4) is 55.6 Å². The van der Waals surface area contributed by atoms with Gasteiger partial charge in [0.25, 0.3) is 0 Å². The fourth-order valence-electron chi connectivity index (χ4n) is 9.97. The number of fused-ring (bicyclic) bond motifs is 10. The predicted octanol–water partition coefficient (Wildman–Crippen LogP) is 14.8. The van der Waals surface area contributed by atoms with E-state index in [2.05, 4.69) is 198 Å². The molecule has 0 unspecified atom stereocenters. The molecule has 0 radical (unpaired) electrons. The van der Waals surface area contributed by atoms with Gasteiger partial charge in [0.15, 0.2) is 0 Å². The lowest BCUT2D eigenvalue weighted by atomic mass is 9.79. The number of rotatable bonds is 3. The standard InChI is InChI=1S/C54H40/c1-53(2)48-22-10-9-21-42(48)46-31-51-47(32-50(46)53)43-25-24-37(30-49(43)54(51,3)4)35-16-11-15-34(27-35)36-17-12-18-39(28-36)52-41-20-8-6-14-38(41)29-45-40-19-7-5-13-33(40)23-26-44(45)52/h5-32H,1-4H3. The molecule has 0 spiro atoms. The summed E-state index contributed by atoms with van der Waals surface area (Å²) in [6, 6.07) is 63.9. The Morgan fingerprint density at radius 1 is 0.278 bits per heavy atom. The lowest BCUT2D eigenvalue weighted by Gasteiger charge is -2.24. The zero-order chi connectivity index (χ0) is 36.3. The summed E-state index contributed by atoms with van der Waals surface area (Å²) in [7, 11) is 0. The maximum absolute atomic E-state index is 2.51. The first-order chi connectivity index (χ1) is 26.3. The van der Waals surface area contributed by atoms with E-state index in [4.69, 9.17) is 0 Å². The molecule has 0 aliphatic heterocycles. The molecule has 0 saturated heterocycles. The summed E-state index contributed by atoms with van der Waals surface area (Å²) in [5.74, 6) is 0. The van der Waals surface area contributed by atoms with Gasteiger partial charge in [-0.15, -0.1) is 0 Å². The van der Waals surface area contributed by atoms with E-state index in [9.17, 15) is 0 Å². The molecule has 0 bridgehead atoms. The van der Waals surface area contributed by atoms with Gasteiger partial charge >= 0.3 is 0 Å². The third-order valence-electron chi connectivity index (χ3n) is 12.8. The van der Waals surface area contributed by atoms with Crippen molar-refractivity contribution in [1.82, 2.24) is 0 Å². The van der Waals surface area contributed by atoms with E-state index in [1.165, 1.54) is 110 Å². The molecule has 0 amide bonds. The van der Waals surface area contributed by atoms with Gasteiger partial charge in [-0.1, -0.05) is 161 Å². The van der Waals surface area contributed by atoms with Crippen molar-refractivity contribution in [3.05, 3.63) is 192 Å². The summed E-state index contributed by atoms with van der Waals surface area (Å²) < 4.78 is 0. The fourth-order valence-corrected chi connectivity index (χ4v) is 9.97. The highest BCUT2D eigenvalue weighted by Gasteiger charge is 2.41. The van der Waals surface area contributed by atoms with Gasteiger partial charge in [-0.2, -0.15) is 0 Å². The van der Waals surface area contributed by atoms with Crippen molar-refractivity contribution in [2.45, 2.75) is 38.5 Å². The van der Waals surface area contributed by atoms with Crippen LogP contribution in [0.3, 0.4) is 0 Å². The monoisotopic (exact) mass is 688 g/mol. The van der Waals surface area contributed by atoms with Gasteiger partial charge in [-0.25, -0.2) is 0 Å². The maximum Gasteiger partial charge on any atom is 0.0159 e. The van der Waals surface area contributed by atoms with Crippen molar-refractivity contribution < 1.29 is 0 Å². The van der Waals surface area contributed by atoms with Crippen LogP contribution >= 0.6 is 0 Å². The molecular formula is C54H40. The number of hydrogen-bond acceptors (Lipinski definition) is 0. The second kappa shape index (κ2) is 11.1. The molecular weight excluding hydrogens is 649 g/mol. The molecule has 11 rings (SSSR count). The summed E-state index contributed by atoms with van der Waals surface area (Å²) in [5.41, 5.74) is 18.6. The molecule has 256 valence electrons. The van der Waals surface area contributed by atoms with E-state index in [-0.39, 0.29) is 10.8 Å². The normalized spacial score (nSPS) is 14.6. The van der Waals surface area contributed by atoms with Crippen molar-refractivity contribution >= 4 is 32.3 Å². The van der Waals surface area contributed by atoms with Crippen LogP contribution in [0.5, 0.6) is 0 Å². The first-order valence-electron chi connectivity index (χ1n) is 19.3. The van der Waals surface area contributed by atoms with Crippen LogP contribution in [-0.2, 0) is 10.8 Å². The van der Waals surface area contributed by atoms with Crippen molar-refractivity contribution in [2.75, 3.05) is 0 Å². The molecule has 0 fully saturated rings. The third kappa shape index (κ3) is 4.37. The minimum Gasteiger partial charge on any atom is -0.0619 e. The zero-order valence-corrected chi connectivity index (χ0v) is 31.2. The van der Waals surface area contributed by atoms with E-state index < -0.39 is 0 Å². The van der Waals surface area contributed by atoms with Crippen molar-refractivity contribution in [2.24, 2.45) is 0 Å². The number of benzene rings is 9. The molecule has 0 heteroatoms. The predicted molar refractivity (Wildman–Crippen MR) is 230 cm³/mol. The Morgan fingerprint density at radius 3 is 1.56 bits per heavy atom. The highest BCUT2D eigenvalue weighted by Crippen LogP contribution is 2.56. The molecule has 0 nitrogen and oxygen atoms in total. The van der Waals surface area contributed by atoms with Crippen LogP contribution in [0, 0.1) is 0 Å². The third-order valence-corrected chi connectivity index (χ3v) is 12.8. The molecule has 0 aromatic heterocycles. The molecule has 0 saturated carbocycles. The van der Waals surface area contributed by atoms with E-state index >= 15 is 0 Å². The summed E-state index contributed by atoms with van der Waals surface area (Å²) in [4.78, 5) is 0. The van der Waals surface area contributed by atoms with Gasteiger partial charge in [0, 0.05) is 10.8 Å². The first-order valence-corrected chi connectivity index (χ1v) is 19.3. The highest BCUT2D eigenvalue weighted by molar-refractivity contribution is 6.20. The van der Waals surface area contributed by atoms with Gasteiger partial charge < -0.3 is 0 Å². The van der Waals surface area contributed by atoms with Crippen LogP contribution in [0.15, 0.2) is 170 Å². The molecule has 2 aliphatic carbocycles. The Kier molecular flexibility index (Phi) is 6.46. The van der Waals surface area contributed by atoms with Crippen LogP contribution in [0.2, 0.25) is 0 Å². The SMILES string of the molecule is CC1(C)c2ccccc2-c2cc3c(cc21)-c1ccc(-c2cccc(-c4cccc(-c5c6ccccc6cc6c5ccc5ccccc56)c4)c2)cc1C3(C)C. The second-order valence-corrected chi connectivity index (χ2v) is 16.5. The second-order valence-electron chi connectivity index (χ2n) is 16.5. The Bertz CT molecular complexity index is 3040. The molecule has 0 atom stereocenters. The minimum absolute atomic E-state index is 0.0133. The largest absolute Gasteiger partial charge is 0.0619 e. The summed E-state index contributed by atoms with van der Waals surface area (Å²) >= 11 is 0. The molecule has 9 aromatic carbocycles. The molecule has 54 heavy (non-hydrogen) atoms. The molecule has 0 N–H and O–H groups in total. The van der Waals surface area contributed by atoms with Gasteiger partial charge in [0.05, 0.1) is 0 Å². The fraction of sp³-hybridized carbons (Fsp3) is 0.111. The van der Waals surface area contributed by atoms with Crippen LogP contribution in [0.4, 0.5) is 0 Å². The average Bonchev–Trinajstić information content (AvgIpc) is 3.58. The summed E-state index contributed by atoms with van der Waals surface area (Å²) in [5, 5.41) is 7.71. The Hall–Kier alpha value is -6.24. The lowest BCUT2D eigenvalue weighted by Crippen LogP contribution is -2.17. The smallest absolute Gasteiger partial charge is 0.0159 e. The van der Waals surface area contributed by atoms with Crippen molar-refractivity contribution in [3.63, 3.8) is 0 Å². The summed E-state index contributed by atoms with van der Waals surface area (Å²) in [6.07, 6.45) is 0. The Morgan fingerprint density at radius 2 is 0.815 bits per heavy atom. The van der Waals surface area contributed by atoms with Crippen LogP contribution in [0.25, 0.3) is 88.0 Å². The van der Waals surface area contributed by atoms with Gasteiger partial charge in [-0.05, 0) is 147 Å². The molecule has 2 aliphatic rings. The Labute approximate surface area is 317 Å². The number of hydrogen-bond donors (Lipinski definition) is 0. The van der Waals surface area contributed by atoms with E-state index in [0.29, 0.717) is 0 Å². The van der Waals surface area contributed by atoms with Crippen molar-refractivity contribution in [1.29, 1.82) is 0 Å². The topological polar surface area (TPSA) is 0 Å². The first kappa shape index (κ1) is 31.3. The van der Waals surface area contributed by atoms with Gasteiger partial charge in [0.1, 0.15) is 0 Å². The van der Waals surface area contributed by atoms with E-state index in [1.54, 1.807) is 0 Å². The lowest BCUT2D eigenvalue weighted by molar-refractivity contribution is 0.652. The molecule has 9 aromatic rings. The zero-order valence-electron chi connectivity index (χ0n) is 31.2. The average molecular weight is 689 g/mol. The highest BCUT2D eigenvalue weighted by atomic mass is 14.4. The van der Waals surface area contributed by atoms with Crippen LogP contribution in [-0.4, -0.2) is 0 Å². The van der Waals surface area contributed by atoms with E-state index in [0.717, 1.165) is 0 Å². The van der Waals surface area contributed by atoms with Gasteiger partial charge in [-0.3, -0.25) is 0 Å². The minimum atomic E-state index is -0.101. The van der Waals surface area contributed by atoms with E-state index in [1.807, 2.05) is 0 Å². The maximum atomic E-state index is 2.51.